The van der Waals surface area contributed by atoms with Gasteiger partial charge in [0.15, 0.2) is 11.5 Å². The fraction of sp³-hybridized carbons (Fsp3) is 0.615. The molecule has 0 unspecified atom stereocenters. The average Bonchev–Trinajstić information content (AvgIpc) is 2.87. The average molecular weight is 324 g/mol. The van der Waals surface area contributed by atoms with E-state index in [4.69, 9.17) is 0 Å². The summed E-state index contributed by atoms with van der Waals surface area (Å²) in [7, 11) is -3.04. The lowest BCUT2D eigenvalue weighted by molar-refractivity contribution is 0.212. The molecule has 1 N–H and O–H groups in total. The summed E-state index contributed by atoms with van der Waals surface area (Å²) in [5.41, 5.74) is 0.728. The van der Waals surface area contributed by atoms with Crippen molar-refractivity contribution in [3.63, 3.8) is 0 Å². The third-order valence-electron chi connectivity index (χ3n) is 3.90. The van der Waals surface area contributed by atoms with Crippen molar-refractivity contribution >= 4 is 21.5 Å². The summed E-state index contributed by atoms with van der Waals surface area (Å²) in [5.74, 6) is 2.06. The topological polar surface area (TPSA) is 92.5 Å². The monoisotopic (exact) mass is 324 g/mol. The molecule has 8 nitrogen and oxygen atoms in total. The molecule has 0 radical (unpaired) electrons. The first kappa shape index (κ1) is 15.2. The molecular weight excluding hydrogens is 304 g/mol. The number of rotatable bonds is 6. The molecule has 1 fully saturated rings. The third-order valence-corrected chi connectivity index (χ3v) is 5.71. The normalized spacial score (nSPS) is 16.8. The standard InChI is InChI=1S/C13H20N6O2S/c1-3-12-15-16-13-6-5-11(17-19(12)13)14-7-10-8-18(9-10)22(20,21)4-2/h5-6,10H,3-4,7-9H2,1-2H3,(H,14,17). The van der Waals surface area contributed by atoms with Crippen molar-refractivity contribution in [1.82, 2.24) is 24.1 Å². The van der Waals surface area contributed by atoms with Crippen LogP contribution in [-0.2, 0) is 16.4 Å². The van der Waals surface area contributed by atoms with E-state index in [1.54, 1.807) is 11.4 Å². The van der Waals surface area contributed by atoms with Gasteiger partial charge in [-0.3, -0.25) is 0 Å². The molecule has 1 saturated heterocycles. The van der Waals surface area contributed by atoms with Crippen LogP contribution in [0.5, 0.6) is 0 Å². The number of hydrogen-bond donors (Lipinski definition) is 1. The van der Waals surface area contributed by atoms with E-state index in [1.165, 1.54) is 4.31 Å². The largest absolute Gasteiger partial charge is 0.368 e. The summed E-state index contributed by atoms with van der Waals surface area (Å²) in [6, 6.07) is 3.73. The maximum Gasteiger partial charge on any atom is 0.213 e. The van der Waals surface area contributed by atoms with E-state index in [2.05, 4.69) is 20.6 Å². The molecule has 0 aromatic carbocycles. The van der Waals surface area contributed by atoms with Crippen LogP contribution in [0.4, 0.5) is 5.82 Å². The number of fused-ring (bicyclic) bond motifs is 1. The second-order valence-corrected chi connectivity index (χ2v) is 7.68. The lowest BCUT2D eigenvalue weighted by Crippen LogP contribution is -2.52. The first-order valence-corrected chi connectivity index (χ1v) is 9.07. The van der Waals surface area contributed by atoms with E-state index in [-0.39, 0.29) is 5.75 Å². The molecule has 3 rings (SSSR count). The Balaban J connectivity index is 1.59. The zero-order valence-electron chi connectivity index (χ0n) is 12.7. The molecule has 0 spiro atoms. The summed E-state index contributed by atoms with van der Waals surface area (Å²) in [6.07, 6.45) is 0.768. The molecule has 1 aliphatic heterocycles. The Morgan fingerprint density at radius 2 is 2.05 bits per heavy atom. The van der Waals surface area contributed by atoms with Gasteiger partial charge in [-0.25, -0.2) is 12.7 Å². The van der Waals surface area contributed by atoms with Crippen molar-refractivity contribution < 1.29 is 8.42 Å². The second kappa shape index (κ2) is 5.81. The molecule has 9 heteroatoms. The van der Waals surface area contributed by atoms with Crippen LogP contribution in [0.15, 0.2) is 12.1 Å². The predicted molar refractivity (Wildman–Crippen MR) is 83.2 cm³/mol. The first-order valence-electron chi connectivity index (χ1n) is 7.46. The van der Waals surface area contributed by atoms with Gasteiger partial charge in [0.25, 0.3) is 0 Å². The Morgan fingerprint density at radius 1 is 1.27 bits per heavy atom. The van der Waals surface area contributed by atoms with Crippen LogP contribution in [-0.4, -0.2) is 57.9 Å². The maximum atomic E-state index is 11.7. The van der Waals surface area contributed by atoms with E-state index < -0.39 is 10.0 Å². The number of aromatic nitrogens is 4. The Labute approximate surface area is 129 Å². The molecule has 0 saturated carbocycles. The van der Waals surface area contributed by atoms with Gasteiger partial charge >= 0.3 is 0 Å². The smallest absolute Gasteiger partial charge is 0.213 e. The van der Waals surface area contributed by atoms with Crippen LogP contribution >= 0.6 is 0 Å². The van der Waals surface area contributed by atoms with Crippen LogP contribution < -0.4 is 5.32 Å². The minimum absolute atomic E-state index is 0.165. The zero-order valence-corrected chi connectivity index (χ0v) is 13.5. The number of nitrogens with one attached hydrogen (secondary N) is 1. The molecule has 3 heterocycles. The van der Waals surface area contributed by atoms with Gasteiger partial charge < -0.3 is 5.32 Å². The van der Waals surface area contributed by atoms with Gasteiger partial charge in [-0.05, 0) is 19.1 Å². The molecule has 22 heavy (non-hydrogen) atoms. The van der Waals surface area contributed by atoms with Crippen LogP contribution in [0, 0.1) is 5.92 Å². The van der Waals surface area contributed by atoms with Crippen LogP contribution in [0.2, 0.25) is 0 Å². The van der Waals surface area contributed by atoms with E-state index in [0.717, 1.165) is 23.7 Å². The minimum atomic E-state index is -3.04. The minimum Gasteiger partial charge on any atom is -0.368 e. The third kappa shape index (κ3) is 2.78. The van der Waals surface area contributed by atoms with Gasteiger partial charge in [-0.1, -0.05) is 6.92 Å². The van der Waals surface area contributed by atoms with Gasteiger partial charge in [0.1, 0.15) is 5.82 Å². The quantitative estimate of drug-likeness (QED) is 0.826. The Morgan fingerprint density at radius 3 is 2.73 bits per heavy atom. The molecule has 0 amide bonds. The number of nitrogens with zero attached hydrogens (tertiary/aromatic N) is 5. The zero-order chi connectivity index (χ0) is 15.7. The molecule has 0 aliphatic carbocycles. The van der Waals surface area contributed by atoms with Gasteiger partial charge in [0.2, 0.25) is 10.0 Å². The molecule has 1 aliphatic rings. The van der Waals surface area contributed by atoms with Crippen molar-refractivity contribution in [2.24, 2.45) is 5.92 Å². The lowest BCUT2D eigenvalue weighted by atomic mass is 10.0. The highest BCUT2D eigenvalue weighted by Gasteiger charge is 2.34. The molecule has 0 atom stereocenters. The molecular formula is C13H20N6O2S. The van der Waals surface area contributed by atoms with Crippen molar-refractivity contribution in [3.8, 4) is 0 Å². The number of hydrogen-bond acceptors (Lipinski definition) is 6. The lowest BCUT2D eigenvalue weighted by Gasteiger charge is -2.37. The van der Waals surface area contributed by atoms with Crippen molar-refractivity contribution in [1.29, 1.82) is 0 Å². The Kier molecular flexibility index (Phi) is 4.00. The highest BCUT2D eigenvalue weighted by Crippen LogP contribution is 2.20. The highest BCUT2D eigenvalue weighted by atomic mass is 32.2. The Hall–Kier alpha value is -1.74. The first-order chi connectivity index (χ1) is 10.5. The van der Waals surface area contributed by atoms with E-state index in [9.17, 15) is 8.42 Å². The van der Waals surface area contributed by atoms with Crippen LogP contribution in [0.25, 0.3) is 5.65 Å². The van der Waals surface area contributed by atoms with Crippen LogP contribution in [0.3, 0.4) is 0 Å². The molecule has 0 bridgehead atoms. The summed E-state index contributed by atoms with van der Waals surface area (Å²) < 4.78 is 26.6. The summed E-state index contributed by atoms with van der Waals surface area (Å²) in [4.78, 5) is 0. The van der Waals surface area contributed by atoms with Gasteiger partial charge in [0.05, 0.1) is 5.75 Å². The highest BCUT2D eigenvalue weighted by molar-refractivity contribution is 7.89. The fourth-order valence-corrected chi connectivity index (χ4v) is 3.70. The second-order valence-electron chi connectivity index (χ2n) is 5.42. The predicted octanol–water partition coefficient (Wildman–Crippen LogP) is 0.380. The van der Waals surface area contributed by atoms with Gasteiger partial charge in [-0.2, -0.15) is 4.52 Å². The van der Waals surface area contributed by atoms with Crippen molar-refractivity contribution in [2.45, 2.75) is 20.3 Å². The van der Waals surface area contributed by atoms with E-state index >= 15 is 0 Å². The summed E-state index contributed by atoms with van der Waals surface area (Å²) in [5, 5.41) is 15.9. The molecule has 2 aromatic heterocycles. The maximum absolute atomic E-state index is 11.7. The molecule has 2 aromatic rings. The fourth-order valence-electron chi connectivity index (χ4n) is 2.46. The summed E-state index contributed by atoms with van der Waals surface area (Å²) in [6.45, 7) is 5.55. The molecule has 120 valence electrons. The van der Waals surface area contributed by atoms with E-state index in [0.29, 0.717) is 25.6 Å². The van der Waals surface area contributed by atoms with Gasteiger partial charge in [0, 0.05) is 32.0 Å². The number of sulfonamides is 1. The van der Waals surface area contributed by atoms with Crippen molar-refractivity contribution in [3.05, 3.63) is 18.0 Å². The Bertz CT molecular complexity index is 766. The van der Waals surface area contributed by atoms with Crippen LogP contribution in [0.1, 0.15) is 19.7 Å². The van der Waals surface area contributed by atoms with Gasteiger partial charge in [-0.15, -0.1) is 15.3 Å². The number of anilines is 1. The summed E-state index contributed by atoms with van der Waals surface area (Å²) >= 11 is 0. The SMILES string of the molecule is CCc1nnc2ccc(NCC3CN(S(=O)(=O)CC)C3)nn12. The van der Waals surface area contributed by atoms with E-state index in [1.807, 2.05) is 19.1 Å². The van der Waals surface area contributed by atoms with Crippen molar-refractivity contribution in [2.75, 3.05) is 30.7 Å². The number of aryl methyl sites for hydroxylation is 1.